The van der Waals surface area contributed by atoms with Gasteiger partial charge in [-0.15, -0.1) is 0 Å². The van der Waals surface area contributed by atoms with Crippen LogP contribution in [0.2, 0.25) is 0 Å². The minimum atomic E-state index is -3.72. The number of hydrogen-bond acceptors (Lipinski definition) is 6. The molecule has 0 saturated carbocycles. The first-order chi connectivity index (χ1) is 12.6. The highest BCUT2D eigenvalue weighted by Crippen LogP contribution is 2.12. The predicted octanol–water partition coefficient (Wildman–Crippen LogP) is 1.32. The number of nitrogens with one attached hydrogen (secondary N) is 2. The van der Waals surface area contributed by atoms with Crippen molar-refractivity contribution in [3.63, 3.8) is 0 Å². The van der Waals surface area contributed by atoms with E-state index in [-0.39, 0.29) is 34.9 Å². The van der Waals surface area contributed by atoms with Gasteiger partial charge in [-0.3, -0.25) is 4.79 Å². The summed E-state index contributed by atoms with van der Waals surface area (Å²) in [6.45, 7) is 7.32. The van der Waals surface area contributed by atoms with Gasteiger partial charge in [-0.1, -0.05) is 13.8 Å². The lowest BCUT2D eigenvalue weighted by molar-refractivity contribution is -0.125. The fourth-order valence-electron chi connectivity index (χ4n) is 2.06. The molecule has 8 nitrogen and oxygen atoms in total. The maximum atomic E-state index is 12.2. The third-order valence-electron chi connectivity index (χ3n) is 3.90. The molecule has 0 radical (unpaired) electrons. The summed E-state index contributed by atoms with van der Waals surface area (Å²) in [5, 5.41) is 2.73. The van der Waals surface area contributed by atoms with Crippen LogP contribution in [0.4, 0.5) is 0 Å². The summed E-state index contributed by atoms with van der Waals surface area (Å²) < 4.78 is 36.8. The van der Waals surface area contributed by atoms with Gasteiger partial charge in [-0.2, -0.15) is 0 Å². The molecule has 1 aromatic carbocycles. The van der Waals surface area contributed by atoms with Gasteiger partial charge in [0.1, 0.15) is 0 Å². The molecule has 0 bridgehead atoms. The Morgan fingerprint density at radius 2 is 1.67 bits per heavy atom. The van der Waals surface area contributed by atoms with E-state index in [2.05, 4.69) is 10.0 Å². The molecule has 152 valence electrons. The SMILES string of the molecule is COC[C@@H](C)NS(=O)(=O)c1ccc(C(=O)OCC(=O)N[C@H](C)C(C)C)cc1. The number of hydrogen-bond donors (Lipinski definition) is 2. The molecular weight excluding hydrogens is 372 g/mol. The molecule has 0 unspecified atom stereocenters. The van der Waals surface area contributed by atoms with Gasteiger partial charge in [0, 0.05) is 19.2 Å². The van der Waals surface area contributed by atoms with Crippen molar-refractivity contribution in [2.45, 2.75) is 44.7 Å². The summed E-state index contributed by atoms with van der Waals surface area (Å²) >= 11 is 0. The van der Waals surface area contributed by atoms with Crippen LogP contribution in [0.3, 0.4) is 0 Å². The average Bonchev–Trinajstić information content (AvgIpc) is 2.59. The summed E-state index contributed by atoms with van der Waals surface area (Å²) in [7, 11) is -2.24. The van der Waals surface area contributed by atoms with Crippen LogP contribution in [0.5, 0.6) is 0 Å². The maximum Gasteiger partial charge on any atom is 0.338 e. The molecule has 0 saturated heterocycles. The van der Waals surface area contributed by atoms with E-state index >= 15 is 0 Å². The second-order valence-corrected chi connectivity index (χ2v) is 8.39. The molecule has 9 heteroatoms. The number of sulfonamides is 1. The van der Waals surface area contributed by atoms with Gasteiger partial charge < -0.3 is 14.8 Å². The molecule has 0 fully saturated rings. The van der Waals surface area contributed by atoms with Crippen LogP contribution in [0, 0.1) is 5.92 Å². The van der Waals surface area contributed by atoms with E-state index in [0.29, 0.717) is 0 Å². The van der Waals surface area contributed by atoms with E-state index in [1.807, 2.05) is 20.8 Å². The van der Waals surface area contributed by atoms with Crippen molar-refractivity contribution in [3.8, 4) is 0 Å². The van der Waals surface area contributed by atoms with Crippen LogP contribution >= 0.6 is 0 Å². The Labute approximate surface area is 160 Å². The predicted molar refractivity (Wildman–Crippen MR) is 101 cm³/mol. The van der Waals surface area contributed by atoms with Crippen molar-refractivity contribution in [3.05, 3.63) is 29.8 Å². The molecule has 1 rings (SSSR count). The van der Waals surface area contributed by atoms with Gasteiger partial charge in [-0.05, 0) is 44.0 Å². The number of carbonyl (C=O) groups excluding carboxylic acids is 2. The van der Waals surface area contributed by atoms with Crippen LogP contribution in [0.1, 0.15) is 38.1 Å². The van der Waals surface area contributed by atoms with Gasteiger partial charge in [0.2, 0.25) is 10.0 Å². The van der Waals surface area contributed by atoms with Crippen molar-refractivity contribution < 1.29 is 27.5 Å². The second kappa shape index (κ2) is 10.4. The van der Waals surface area contributed by atoms with Crippen LogP contribution in [-0.4, -0.2) is 52.7 Å². The Morgan fingerprint density at radius 3 is 2.19 bits per heavy atom. The number of methoxy groups -OCH3 is 1. The highest BCUT2D eigenvalue weighted by Gasteiger charge is 2.19. The molecule has 0 aromatic heterocycles. The first-order valence-electron chi connectivity index (χ1n) is 8.64. The summed E-state index contributed by atoms with van der Waals surface area (Å²) in [4.78, 5) is 23.8. The maximum absolute atomic E-state index is 12.2. The molecule has 2 N–H and O–H groups in total. The van der Waals surface area contributed by atoms with Gasteiger partial charge in [0.15, 0.2) is 6.61 Å². The van der Waals surface area contributed by atoms with Crippen molar-refractivity contribution >= 4 is 21.9 Å². The number of carbonyl (C=O) groups is 2. The number of benzene rings is 1. The largest absolute Gasteiger partial charge is 0.452 e. The summed E-state index contributed by atoms with van der Waals surface area (Å²) in [5.74, 6) is -0.827. The standard InChI is InChI=1S/C18H28N2O6S/c1-12(2)14(4)19-17(21)11-26-18(22)15-6-8-16(9-7-15)27(23,24)20-13(3)10-25-5/h6-9,12-14,20H,10-11H2,1-5H3,(H,19,21)/t13-,14-/m1/s1. The van der Waals surface area contributed by atoms with Crippen LogP contribution in [0.15, 0.2) is 29.2 Å². The van der Waals surface area contributed by atoms with E-state index in [9.17, 15) is 18.0 Å². The minimum Gasteiger partial charge on any atom is -0.452 e. The Morgan fingerprint density at radius 1 is 1.07 bits per heavy atom. The van der Waals surface area contributed by atoms with Crippen LogP contribution < -0.4 is 10.0 Å². The zero-order valence-electron chi connectivity index (χ0n) is 16.3. The Hall–Kier alpha value is -1.97. The molecule has 0 aliphatic heterocycles. The zero-order valence-corrected chi connectivity index (χ0v) is 17.1. The molecule has 27 heavy (non-hydrogen) atoms. The van der Waals surface area contributed by atoms with Gasteiger partial charge in [-0.25, -0.2) is 17.9 Å². The lowest BCUT2D eigenvalue weighted by Gasteiger charge is -2.17. The quantitative estimate of drug-likeness (QED) is 0.573. The Bertz CT molecular complexity index is 731. The third-order valence-corrected chi connectivity index (χ3v) is 5.50. The topological polar surface area (TPSA) is 111 Å². The smallest absolute Gasteiger partial charge is 0.338 e. The molecule has 1 amide bonds. The van der Waals surface area contributed by atoms with Gasteiger partial charge >= 0.3 is 5.97 Å². The molecule has 0 aliphatic rings. The van der Waals surface area contributed by atoms with Crippen molar-refractivity contribution in [2.24, 2.45) is 5.92 Å². The molecule has 0 spiro atoms. The number of esters is 1. The Balaban J connectivity index is 2.65. The molecular formula is C18H28N2O6S. The lowest BCUT2D eigenvalue weighted by atomic mass is 10.1. The van der Waals surface area contributed by atoms with Crippen LogP contribution in [-0.2, 0) is 24.3 Å². The Kier molecular flexibility index (Phi) is 8.87. The van der Waals surface area contributed by atoms with Crippen LogP contribution in [0.25, 0.3) is 0 Å². The van der Waals surface area contributed by atoms with E-state index in [0.717, 1.165) is 0 Å². The normalized spacial score (nSPS) is 13.9. The van der Waals surface area contributed by atoms with E-state index in [1.54, 1.807) is 6.92 Å². The summed E-state index contributed by atoms with van der Waals surface area (Å²) in [5.41, 5.74) is 0.156. The number of rotatable bonds is 10. The summed E-state index contributed by atoms with van der Waals surface area (Å²) in [6.07, 6.45) is 0. The fourth-order valence-corrected chi connectivity index (χ4v) is 3.29. The highest BCUT2D eigenvalue weighted by atomic mass is 32.2. The molecule has 2 atom stereocenters. The average molecular weight is 400 g/mol. The zero-order chi connectivity index (χ0) is 20.6. The molecule has 1 aromatic rings. The second-order valence-electron chi connectivity index (χ2n) is 6.68. The van der Waals surface area contributed by atoms with Crippen molar-refractivity contribution in [1.82, 2.24) is 10.0 Å². The first-order valence-corrected chi connectivity index (χ1v) is 10.1. The first kappa shape index (κ1) is 23.1. The van der Waals surface area contributed by atoms with Crippen molar-refractivity contribution in [1.29, 1.82) is 0 Å². The summed E-state index contributed by atoms with van der Waals surface area (Å²) in [6, 6.07) is 4.86. The fraction of sp³-hybridized carbons (Fsp3) is 0.556. The lowest BCUT2D eigenvalue weighted by Crippen LogP contribution is -2.38. The minimum absolute atomic E-state index is 0.0190. The number of ether oxygens (including phenoxy) is 2. The monoisotopic (exact) mass is 400 g/mol. The van der Waals surface area contributed by atoms with E-state index in [1.165, 1.54) is 31.4 Å². The van der Waals surface area contributed by atoms with Gasteiger partial charge in [0.05, 0.1) is 17.1 Å². The molecule has 0 heterocycles. The molecule has 0 aliphatic carbocycles. The third kappa shape index (κ3) is 7.66. The van der Waals surface area contributed by atoms with Gasteiger partial charge in [0.25, 0.3) is 5.91 Å². The number of amides is 1. The van der Waals surface area contributed by atoms with Crippen molar-refractivity contribution in [2.75, 3.05) is 20.3 Å². The highest BCUT2D eigenvalue weighted by molar-refractivity contribution is 7.89. The van der Waals surface area contributed by atoms with E-state index in [4.69, 9.17) is 9.47 Å². The van der Waals surface area contributed by atoms with E-state index < -0.39 is 28.6 Å².